The monoisotopic (exact) mass is 260 g/mol. The highest BCUT2D eigenvalue weighted by Crippen LogP contribution is 2.59. The SMILES string of the molecule is CC1(C)c2cc(-c3ccc(F)cc3)sc2C1(C)C. The second-order valence-electron chi connectivity index (χ2n) is 6.11. The molecule has 1 aliphatic rings. The number of fused-ring (bicyclic) bond motifs is 1. The molecule has 1 heterocycles. The molecule has 0 N–H and O–H groups in total. The standard InChI is InChI=1S/C16H17FS/c1-15(2)12-9-13(18-14(12)16(15,3)4)10-5-7-11(17)8-6-10/h5-9H,1-4H3. The van der Waals surface area contributed by atoms with Crippen molar-refractivity contribution in [2.45, 2.75) is 38.5 Å². The number of benzene rings is 1. The van der Waals surface area contributed by atoms with Gasteiger partial charge in [0.1, 0.15) is 5.82 Å². The maximum Gasteiger partial charge on any atom is 0.123 e. The van der Waals surface area contributed by atoms with Crippen LogP contribution in [0.15, 0.2) is 30.3 Å². The molecule has 0 fully saturated rings. The summed E-state index contributed by atoms with van der Waals surface area (Å²) in [6.45, 7) is 9.22. The van der Waals surface area contributed by atoms with Crippen molar-refractivity contribution in [1.82, 2.24) is 0 Å². The highest BCUT2D eigenvalue weighted by atomic mass is 32.1. The maximum atomic E-state index is 12.9. The second kappa shape index (κ2) is 3.45. The van der Waals surface area contributed by atoms with Crippen LogP contribution >= 0.6 is 11.3 Å². The van der Waals surface area contributed by atoms with E-state index in [9.17, 15) is 4.39 Å². The molecule has 0 unspecified atom stereocenters. The van der Waals surface area contributed by atoms with Gasteiger partial charge in [-0.3, -0.25) is 0 Å². The molecule has 1 aromatic carbocycles. The van der Waals surface area contributed by atoms with Crippen molar-refractivity contribution in [3.63, 3.8) is 0 Å². The van der Waals surface area contributed by atoms with Gasteiger partial charge in [0.2, 0.25) is 0 Å². The van der Waals surface area contributed by atoms with Gasteiger partial charge in [0.05, 0.1) is 0 Å². The molecule has 3 rings (SSSR count). The minimum atomic E-state index is -0.175. The molecule has 1 aromatic heterocycles. The van der Waals surface area contributed by atoms with Crippen molar-refractivity contribution < 1.29 is 4.39 Å². The predicted molar refractivity (Wildman–Crippen MR) is 75.8 cm³/mol. The minimum absolute atomic E-state index is 0.175. The summed E-state index contributed by atoms with van der Waals surface area (Å²) in [5, 5.41) is 0. The van der Waals surface area contributed by atoms with E-state index in [0.717, 1.165) is 5.56 Å². The molecule has 0 bridgehead atoms. The molecule has 0 spiro atoms. The molecule has 1 aliphatic carbocycles. The third kappa shape index (κ3) is 1.36. The van der Waals surface area contributed by atoms with E-state index in [1.165, 1.54) is 27.5 Å². The third-order valence-electron chi connectivity index (χ3n) is 4.66. The average molecular weight is 260 g/mol. The first-order chi connectivity index (χ1) is 8.34. The van der Waals surface area contributed by atoms with Crippen LogP contribution in [0.2, 0.25) is 0 Å². The van der Waals surface area contributed by atoms with Gasteiger partial charge in [-0.25, -0.2) is 4.39 Å². The lowest BCUT2D eigenvalue weighted by molar-refractivity contribution is 0.251. The fourth-order valence-electron chi connectivity index (χ4n) is 2.63. The van der Waals surface area contributed by atoms with Gasteiger partial charge < -0.3 is 0 Å². The smallest absolute Gasteiger partial charge is 0.123 e. The van der Waals surface area contributed by atoms with Crippen LogP contribution in [0.3, 0.4) is 0 Å². The van der Waals surface area contributed by atoms with Crippen LogP contribution in [0.1, 0.15) is 38.1 Å². The maximum absolute atomic E-state index is 12.9. The first kappa shape index (κ1) is 11.9. The number of thiophene rings is 1. The zero-order valence-corrected chi connectivity index (χ0v) is 12.0. The Bertz CT molecular complexity index is 571. The Morgan fingerprint density at radius 2 is 1.56 bits per heavy atom. The van der Waals surface area contributed by atoms with E-state index in [-0.39, 0.29) is 16.6 Å². The van der Waals surface area contributed by atoms with Gasteiger partial charge in [0.15, 0.2) is 0 Å². The van der Waals surface area contributed by atoms with Crippen LogP contribution in [0, 0.1) is 5.82 Å². The summed E-state index contributed by atoms with van der Waals surface area (Å²) in [6, 6.07) is 9.06. The van der Waals surface area contributed by atoms with Crippen LogP contribution in [0.4, 0.5) is 4.39 Å². The zero-order chi connectivity index (χ0) is 13.1. The molecule has 0 nitrogen and oxygen atoms in total. The van der Waals surface area contributed by atoms with Crippen LogP contribution in [-0.4, -0.2) is 0 Å². The molecule has 94 valence electrons. The molecule has 0 saturated heterocycles. The van der Waals surface area contributed by atoms with Crippen molar-refractivity contribution in [3.8, 4) is 10.4 Å². The van der Waals surface area contributed by atoms with E-state index in [1.807, 2.05) is 23.5 Å². The van der Waals surface area contributed by atoms with Crippen LogP contribution in [0.5, 0.6) is 0 Å². The lowest BCUT2D eigenvalue weighted by atomic mass is 9.53. The Morgan fingerprint density at radius 3 is 2.11 bits per heavy atom. The number of rotatable bonds is 1. The topological polar surface area (TPSA) is 0 Å². The molecule has 0 radical (unpaired) electrons. The van der Waals surface area contributed by atoms with Gasteiger partial charge >= 0.3 is 0 Å². The molecule has 0 aliphatic heterocycles. The predicted octanol–water partition coefficient (Wildman–Crippen LogP) is 5.12. The molecule has 0 saturated carbocycles. The summed E-state index contributed by atoms with van der Waals surface area (Å²) >= 11 is 1.85. The first-order valence-corrected chi connectivity index (χ1v) is 7.06. The Hall–Kier alpha value is -1.15. The normalized spacial score (nSPS) is 19.2. The van der Waals surface area contributed by atoms with Crippen molar-refractivity contribution in [2.24, 2.45) is 0 Å². The minimum Gasteiger partial charge on any atom is -0.207 e. The highest BCUT2D eigenvalue weighted by molar-refractivity contribution is 7.16. The lowest BCUT2D eigenvalue weighted by Crippen LogP contribution is -2.49. The summed E-state index contributed by atoms with van der Waals surface area (Å²) in [5.74, 6) is -0.175. The Morgan fingerprint density at radius 1 is 0.944 bits per heavy atom. The van der Waals surface area contributed by atoms with Crippen molar-refractivity contribution in [2.75, 3.05) is 0 Å². The summed E-state index contributed by atoms with van der Waals surface area (Å²) in [5.41, 5.74) is 3.04. The van der Waals surface area contributed by atoms with Gasteiger partial charge in [-0.05, 0) is 29.3 Å². The number of halogens is 1. The van der Waals surface area contributed by atoms with Gasteiger partial charge in [-0.2, -0.15) is 0 Å². The fourth-order valence-corrected chi connectivity index (χ4v) is 4.22. The molecule has 2 heteroatoms. The van der Waals surface area contributed by atoms with Gasteiger partial charge in [-0.1, -0.05) is 39.8 Å². The van der Waals surface area contributed by atoms with Crippen LogP contribution in [-0.2, 0) is 10.8 Å². The van der Waals surface area contributed by atoms with Gasteiger partial charge in [0, 0.05) is 20.6 Å². The van der Waals surface area contributed by atoms with Crippen LogP contribution in [0.25, 0.3) is 10.4 Å². The Labute approximate surface area is 111 Å². The van der Waals surface area contributed by atoms with Gasteiger partial charge in [0.25, 0.3) is 0 Å². The molecular formula is C16H17FS. The average Bonchev–Trinajstić information content (AvgIpc) is 2.74. The van der Waals surface area contributed by atoms with Crippen LogP contribution < -0.4 is 0 Å². The Balaban J connectivity index is 2.09. The molecule has 18 heavy (non-hydrogen) atoms. The summed E-state index contributed by atoms with van der Waals surface area (Å²) in [7, 11) is 0. The van der Waals surface area contributed by atoms with E-state index in [2.05, 4.69) is 33.8 Å². The van der Waals surface area contributed by atoms with Gasteiger partial charge in [-0.15, -0.1) is 11.3 Å². The van der Waals surface area contributed by atoms with Crippen molar-refractivity contribution >= 4 is 11.3 Å². The van der Waals surface area contributed by atoms with Crippen molar-refractivity contribution in [1.29, 1.82) is 0 Å². The number of hydrogen-bond acceptors (Lipinski definition) is 1. The number of hydrogen-bond donors (Lipinski definition) is 0. The van der Waals surface area contributed by atoms with E-state index in [1.54, 1.807) is 0 Å². The van der Waals surface area contributed by atoms with E-state index in [0.29, 0.717) is 0 Å². The third-order valence-corrected chi connectivity index (χ3v) is 6.17. The quantitative estimate of drug-likeness (QED) is 0.667. The summed E-state index contributed by atoms with van der Waals surface area (Å²) in [4.78, 5) is 2.73. The van der Waals surface area contributed by atoms with E-state index < -0.39 is 0 Å². The highest BCUT2D eigenvalue weighted by Gasteiger charge is 2.52. The molecule has 0 atom stereocenters. The van der Waals surface area contributed by atoms with E-state index in [4.69, 9.17) is 0 Å². The Kier molecular flexibility index (Phi) is 2.28. The zero-order valence-electron chi connectivity index (χ0n) is 11.2. The van der Waals surface area contributed by atoms with Crippen molar-refractivity contribution in [3.05, 3.63) is 46.6 Å². The molecule has 2 aromatic rings. The first-order valence-electron chi connectivity index (χ1n) is 6.25. The fraction of sp³-hybridized carbons (Fsp3) is 0.375. The summed E-state index contributed by atoms with van der Waals surface area (Å²) < 4.78 is 12.9. The lowest BCUT2D eigenvalue weighted by Gasteiger charge is -2.51. The molecular weight excluding hydrogens is 243 g/mol. The second-order valence-corrected chi connectivity index (χ2v) is 7.16. The summed E-state index contributed by atoms with van der Waals surface area (Å²) in [6.07, 6.45) is 0. The van der Waals surface area contributed by atoms with E-state index >= 15 is 0 Å². The largest absolute Gasteiger partial charge is 0.207 e. The molecule has 0 amide bonds.